The number of benzene rings is 2. The number of carboxylic acid groups (broad SMARTS) is 1. The fourth-order valence-corrected chi connectivity index (χ4v) is 5.97. The fraction of sp³-hybridized carbons (Fsp3) is 0.286. The minimum absolute atomic E-state index is 0.0353. The van der Waals surface area contributed by atoms with Gasteiger partial charge < -0.3 is 15.0 Å². The van der Waals surface area contributed by atoms with Gasteiger partial charge in [-0.3, -0.25) is 9.59 Å². The largest absolute Gasteiger partial charge is 0.481 e. The molecule has 2 heterocycles. The van der Waals surface area contributed by atoms with Crippen molar-refractivity contribution >= 4 is 33.4 Å². The van der Waals surface area contributed by atoms with Gasteiger partial charge >= 0.3 is 5.97 Å². The summed E-state index contributed by atoms with van der Waals surface area (Å²) in [6.45, 7) is 2.78. The summed E-state index contributed by atoms with van der Waals surface area (Å²) in [6.07, 6.45) is 4.79. The monoisotopic (exact) mass is 472 g/mol. The first-order valence-electron chi connectivity index (χ1n) is 11.7. The summed E-state index contributed by atoms with van der Waals surface area (Å²) in [5, 5.41) is 14.3. The van der Waals surface area contributed by atoms with Crippen molar-refractivity contribution in [2.75, 3.05) is 0 Å². The molecular formula is C28H28N2O3S. The molecule has 2 N–H and O–H groups in total. The van der Waals surface area contributed by atoms with Gasteiger partial charge in [0.1, 0.15) is 0 Å². The molecule has 0 unspecified atom stereocenters. The molecule has 5 rings (SSSR count). The van der Waals surface area contributed by atoms with Gasteiger partial charge in [0.15, 0.2) is 0 Å². The van der Waals surface area contributed by atoms with Crippen LogP contribution in [0.1, 0.15) is 47.2 Å². The van der Waals surface area contributed by atoms with Gasteiger partial charge in [0.05, 0.1) is 21.7 Å². The van der Waals surface area contributed by atoms with E-state index in [4.69, 9.17) is 0 Å². The minimum atomic E-state index is -0.727. The number of aliphatic carboxylic acids is 1. The molecule has 0 radical (unpaired) electrons. The zero-order valence-electron chi connectivity index (χ0n) is 19.2. The van der Waals surface area contributed by atoms with Crippen LogP contribution in [-0.2, 0) is 11.3 Å². The van der Waals surface area contributed by atoms with Crippen LogP contribution in [0.4, 0.5) is 0 Å². The molecule has 4 aromatic rings. The van der Waals surface area contributed by atoms with E-state index in [0.29, 0.717) is 37.8 Å². The summed E-state index contributed by atoms with van der Waals surface area (Å²) >= 11 is 1.61. The van der Waals surface area contributed by atoms with Crippen LogP contribution in [0.25, 0.3) is 21.3 Å². The molecule has 0 spiro atoms. The quantitative estimate of drug-likeness (QED) is 0.356. The predicted octanol–water partition coefficient (Wildman–Crippen LogP) is 6.10. The first-order chi connectivity index (χ1) is 16.5. The van der Waals surface area contributed by atoms with E-state index in [-0.39, 0.29) is 17.9 Å². The van der Waals surface area contributed by atoms with Crippen molar-refractivity contribution in [1.82, 2.24) is 9.88 Å². The Balaban J connectivity index is 1.34. The van der Waals surface area contributed by atoms with Crippen molar-refractivity contribution in [2.45, 2.75) is 45.2 Å². The minimum Gasteiger partial charge on any atom is -0.481 e. The number of aromatic nitrogens is 1. The summed E-state index contributed by atoms with van der Waals surface area (Å²) in [5.41, 5.74) is 6.41. The Bertz CT molecular complexity index is 1310. The summed E-state index contributed by atoms with van der Waals surface area (Å²) in [7, 11) is 0. The van der Waals surface area contributed by atoms with Crippen LogP contribution < -0.4 is 5.32 Å². The molecule has 0 aliphatic heterocycles. The van der Waals surface area contributed by atoms with E-state index in [9.17, 15) is 14.7 Å². The maximum Gasteiger partial charge on any atom is 0.306 e. The molecule has 0 atom stereocenters. The van der Waals surface area contributed by atoms with Crippen molar-refractivity contribution in [1.29, 1.82) is 0 Å². The summed E-state index contributed by atoms with van der Waals surface area (Å²) in [6, 6.07) is 19.0. The number of carbonyl (C=O) groups excluding carboxylic acids is 1. The van der Waals surface area contributed by atoms with E-state index in [2.05, 4.69) is 59.4 Å². The zero-order chi connectivity index (χ0) is 23.7. The summed E-state index contributed by atoms with van der Waals surface area (Å²) < 4.78 is 3.32. The molecule has 1 fully saturated rings. The van der Waals surface area contributed by atoms with Crippen LogP contribution in [0.3, 0.4) is 0 Å². The first-order valence-corrected chi connectivity index (χ1v) is 12.6. The Kier molecular flexibility index (Phi) is 6.24. The van der Waals surface area contributed by atoms with Crippen molar-refractivity contribution in [2.24, 2.45) is 5.92 Å². The standard InChI is InChI=1S/C28H28N2O3S/c1-18-15-30(16-19-7-9-21(10-8-19)20-5-3-2-4-6-20)25-24(17-34-26(18)25)27(31)29-23-13-11-22(12-14-23)28(32)33/h2-10,15,17,22-23H,11-14,16H2,1H3,(H,29,31)(H,32,33). The third-order valence-corrected chi connectivity index (χ3v) is 7.93. The average molecular weight is 473 g/mol. The highest BCUT2D eigenvalue weighted by atomic mass is 32.1. The number of aryl methyl sites for hydroxylation is 1. The maximum atomic E-state index is 13.2. The Hall–Kier alpha value is -3.38. The molecule has 1 saturated carbocycles. The first kappa shape index (κ1) is 22.4. The number of carbonyl (C=O) groups is 2. The van der Waals surface area contributed by atoms with E-state index in [1.807, 2.05) is 23.6 Å². The molecule has 34 heavy (non-hydrogen) atoms. The molecule has 5 nitrogen and oxygen atoms in total. The lowest BCUT2D eigenvalue weighted by molar-refractivity contribution is -0.142. The van der Waals surface area contributed by atoms with E-state index in [1.165, 1.54) is 22.3 Å². The van der Waals surface area contributed by atoms with E-state index >= 15 is 0 Å². The lowest BCUT2D eigenvalue weighted by atomic mass is 9.86. The van der Waals surface area contributed by atoms with Gasteiger partial charge in [-0.2, -0.15) is 0 Å². The molecule has 1 amide bonds. The van der Waals surface area contributed by atoms with Crippen molar-refractivity contribution in [3.63, 3.8) is 0 Å². The van der Waals surface area contributed by atoms with Crippen molar-refractivity contribution in [3.8, 4) is 11.1 Å². The van der Waals surface area contributed by atoms with Gasteiger partial charge in [0, 0.05) is 24.2 Å². The number of carboxylic acids is 1. The van der Waals surface area contributed by atoms with Crippen LogP contribution in [0, 0.1) is 12.8 Å². The number of thiophene rings is 1. The van der Waals surface area contributed by atoms with E-state index in [0.717, 1.165) is 10.2 Å². The molecule has 2 aromatic heterocycles. The van der Waals surface area contributed by atoms with Crippen LogP contribution >= 0.6 is 11.3 Å². The number of fused-ring (bicyclic) bond motifs is 1. The van der Waals surface area contributed by atoms with Gasteiger partial charge in [0.2, 0.25) is 0 Å². The lowest BCUT2D eigenvalue weighted by Crippen LogP contribution is -2.38. The SMILES string of the molecule is Cc1cn(Cc2ccc(-c3ccccc3)cc2)c2c(C(=O)NC3CCC(C(=O)O)CC3)csc12. The number of nitrogens with one attached hydrogen (secondary N) is 1. The lowest BCUT2D eigenvalue weighted by Gasteiger charge is -2.26. The molecular weight excluding hydrogens is 444 g/mol. The highest BCUT2D eigenvalue weighted by molar-refractivity contribution is 7.17. The third-order valence-electron chi connectivity index (χ3n) is 6.83. The van der Waals surface area contributed by atoms with Crippen molar-refractivity contribution in [3.05, 3.63) is 82.9 Å². The van der Waals surface area contributed by atoms with Crippen molar-refractivity contribution < 1.29 is 14.7 Å². The Labute approximate surface area is 203 Å². The fourth-order valence-electron chi connectivity index (χ4n) is 4.94. The molecule has 174 valence electrons. The predicted molar refractivity (Wildman–Crippen MR) is 136 cm³/mol. The van der Waals surface area contributed by atoms with Gasteiger partial charge in [-0.25, -0.2) is 0 Å². The van der Waals surface area contributed by atoms with Gasteiger partial charge in [-0.1, -0.05) is 54.6 Å². The second-order valence-electron chi connectivity index (χ2n) is 9.19. The second-order valence-corrected chi connectivity index (χ2v) is 10.1. The maximum absolute atomic E-state index is 13.2. The molecule has 1 aliphatic carbocycles. The number of hydrogen-bond acceptors (Lipinski definition) is 3. The third kappa shape index (κ3) is 4.50. The summed E-state index contributed by atoms with van der Waals surface area (Å²) in [4.78, 5) is 24.4. The highest BCUT2D eigenvalue weighted by Crippen LogP contribution is 2.32. The number of rotatable bonds is 6. The Morgan fingerprint density at radius 3 is 2.35 bits per heavy atom. The number of hydrogen-bond donors (Lipinski definition) is 2. The summed E-state index contributed by atoms with van der Waals surface area (Å²) in [5.74, 6) is -1.08. The molecule has 2 aromatic carbocycles. The number of nitrogens with zero attached hydrogens (tertiary/aromatic N) is 1. The average Bonchev–Trinajstić information content (AvgIpc) is 3.42. The van der Waals surface area contributed by atoms with Crippen LogP contribution in [0.2, 0.25) is 0 Å². The molecule has 0 saturated heterocycles. The van der Waals surface area contributed by atoms with E-state index in [1.54, 1.807) is 11.3 Å². The van der Waals surface area contributed by atoms with Crippen LogP contribution in [0.15, 0.2) is 66.2 Å². The zero-order valence-corrected chi connectivity index (χ0v) is 20.0. The van der Waals surface area contributed by atoms with Crippen LogP contribution in [-0.4, -0.2) is 27.6 Å². The van der Waals surface area contributed by atoms with Gasteiger partial charge in [-0.15, -0.1) is 11.3 Å². The molecule has 6 heteroatoms. The Morgan fingerprint density at radius 1 is 1.00 bits per heavy atom. The molecule has 0 bridgehead atoms. The highest BCUT2D eigenvalue weighted by Gasteiger charge is 2.28. The topological polar surface area (TPSA) is 71.3 Å². The van der Waals surface area contributed by atoms with Gasteiger partial charge in [0.25, 0.3) is 5.91 Å². The normalized spacial score (nSPS) is 18.1. The second kappa shape index (κ2) is 9.47. The Morgan fingerprint density at radius 2 is 1.68 bits per heavy atom. The smallest absolute Gasteiger partial charge is 0.306 e. The van der Waals surface area contributed by atoms with E-state index < -0.39 is 5.97 Å². The van der Waals surface area contributed by atoms with Crippen LogP contribution in [0.5, 0.6) is 0 Å². The van der Waals surface area contributed by atoms with Gasteiger partial charge in [-0.05, 0) is 54.9 Å². The number of amides is 1. The molecule has 1 aliphatic rings.